The molecule has 0 aromatic heterocycles. The molecule has 0 aliphatic heterocycles. The molecular formula is C25H20O5. The lowest BCUT2D eigenvalue weighted by Gasteiger charge is -2.12. The fourth-order valence-corrected chi connectivity index (χ4v) is 2.60. The Morgan fingerprint density at radius 2 is 1.33 bits per heavy atom. The van der Waals surface area contributed by atoms with Crippen LogP contribution in [0.4, 0.5) is 0 Å². The Kier molecular flexibility index (Phi) is 6.51. The summed E-state index contributed by atoms with van der Waals surface area (Å²) in [5, 5.41) is 0. The van der Waals surface area contributed by atoms with Crippen LogP contribution in [0.2, 0.25) is 0 Å². The predicted molar refractivity (Wildman–Crippen MR) is 113 cm³/mol. The van der Waals surface area contributed by atoms with Gasteiger partial charge in [0, 0.05) is 0 Å². The fraction of sp³-hybridized carbons (Fsp3) is 0.120. The highest BCUT2D eigenvalue weighted by atomic mass is 16.5. The molecule has 150 valence electrons. The number of ether oxygens (including phenoxy) is 3. The summed E-state index contributed by atoms with van der Waals surface area (Å²) in [7, 11) is 0. The molecule has 0 aliphatic rings. The van der Waals surface area contributed by atoms with Gasteiger partial charge in [0.2, 0.25) is 0 Å². The van der Waals surface area contributed by atoms with Gasteiger partial charge in [0.1, 0.15) is 29.4 Å². The first-order valence-electron chi connectivity index (χ1n) is 9.24. The van der Waals surface area contributed by atoms with Crippen LogP contribution in [-0.2, 0) is 0 Å². The lowest BCUT2D eigenvalue weighted by molar-refractivity contribution is 0.0717. The first-order valence-corrected chi connectivity index (χ1v) is 9.24. The van der Waals surface area contributed by atoms with Crippen molar-refractivity contribution in [1.29, 1.82) is 0 Å². The Balaban J connectivity index is 1.82. The molecule has 0 fully saturated rings. The van der Waals surface area contributed by atoms with Crippen molar-refractivity contribution < 1.29 is 23.8 Å². The van der Waals surface area contributed by atoms with Gasteiger partial charge in [0.15, 0.2) is 0 Å². The van der Waals surface area contributed by atoms with E-state index in [1.165, 1.54) is 18.2 Å². The first kappa shape index (κ1) is 20.7. The minimum absolute atomic E-state index is 0.0682. The number of aryl methyl sites for hydroxylation is 2. The number of hydrogen-bond acceptors (Lipinski definition) is 5. The third kappa shape index (κ3) is 5.27. The van der Waals surface area contributed by atoms with Crippen LogP contribution in [0, 0.1) is 26.2 Å². The van der Waals surface area contributed by atoms with Crippen LogP contribution in [0.15, 0.2) is 66.7 Å². The van der Waals surface area contributed by atoms with Crippen molar-refractivity contribution in [2.75, 3.05) is 6.61 Å². The zero-order valence-electron chi connectivity index (χ0n) is 16.7. The van der Waals surface area contributed by atoms with E-state index in [9.17, 15) is 9.59 Å². The van der Waals surface area contributed by atoms with Crippen molar-refractivity contribution in [3.63, 3.8) is 0 Å². The van der Waals surface area contributed by atoms with Gasteiger partial charge in [-0.3, -0.25) is 0 Å². The molecule has 0 aliphatic carbocycles. The highest BCUT2D eigenvalue weighted by Gasteiger charge is 2.19. The highest BCUT2D eigenvalue weighted by molar-refractivity contribution is 5.97. The normalized spacial score (nSPS) is 10.0. The van der Waals surface area contributed by atoms with Crippen LogP contribution in [-0.4, -0.2) is 18.5 Å². The van der Waals surface area contributed by atoms with Crippen molar-refractivity contribution in [3.05, 3.63) is 89.0 Å². The van der Waals surface area contributed by atoms with Crippen molar-refractivity contribution in [2.24, 2.45) is 0 Å². The molecule has 0 N–H and O–H groups in total. The number of benzene rings is 3. The second-order valence-corrected chi connectivity index (χ2v) is 6.61. The lowest BCUT2D eigenvalue weighted by Crippen LogP contribution is -2.14. The third-order valence-electron chi connectivity index (χ3n) is 4.21. The van der Waals surface area contributed by atoms with E-state index in [4.69, 9.17) is 20.6 Å². The molecule has 30 heavy (non-hydrogen) atoms. The molecule has 0 atom stereocenters. The molecule has 3 aromatic rings. The number of terminal acetylenes is 1. The maximum Gasteiger partial charge on any atom is 0.347 e. The molecule has 3 aromatic carbocycles. The Bertz CT molecular complexity index is 1090. The Morgan fingerprint density at radius 3 is 1.87 bits per heavy atom. The van der Waals surface area contributed by atoms with E-state index in [0.717, 1.165) is 11.1 Å². The van der Waals surface area contributed by atoms with E-state index in [0.29, 0.717) is 11.5 Å². The van der Waals surface area contributed by atoms with Crippen LogP contribution in [0.5, 0.6) is 17.2 Å². The second-order valence-electron chi connectivity index (χ2n) is 6.61. The SMILES string of the molecule is C#CCOc1cc(C(=O)Oc2ccc(C)cc2)ccc1C(=O)Oc1ccc(C)cc1. The third-order valence-corrected chi connectivity index (χ3v) is 4.21. The van der Waals surface area contributed by atoms with E-state index in [1.54, 1.807) is 24.3 Å². The molecule has 0 saturated carbocycles. The van der Waals surface area contributed by atoms with E-state index in [-0.39, 0.29) is 23.5 Å². The second kappa shape index (κ2) is 9.44. The topological polar surface area (TPSA) is 61.8 Å². The number of rotatable bonds is 6. The maximum absolute atomic E-state index is 12.6. The van der Waals surface area contributed by atoms with E-state index in [1.807, 2.05) is 38.1 Å². The fourth-order valence-electron chi connectivity index (χ4n) is 2.60. The van der Waals surface area contributed by atoms with E-state index >= 15 is 0 Å². The smallest absolute Gasteiger partial charge is 0.347 e. The number of carbonyl (C=O) groups excluding carboxylic acids is 2. The van der Waals surface area contributed by atoms with Crippen molar-refractivity contribution in [1.82, 2.24) is 0 Å². The summed E-state index contributed by atoms with van der Waals surface area (Å²) in [4.78, 5) is 25.1. The summed E-state index contributed by atoms with van der Waals surface area (Å²) in [5.74, 6) is 2.10. The van der Waals surface area contributed by atoms with Gasteiger partial charge in [0.25, 0.3) is 0 Å². The Hall–Kier alpha value is -4.04. The summed E-state index contributed by atoms with van der Waals surface area (Å²) in [5.41, 5.74) is 2.47. The van der Waals surface area contributed by atoms with Crippen LogP contribution in [0.1, 0.15) is 31.8 Å². The molecule has 0 radical (unpaired) electrons. The predicted octanol–water partition coefficient (Wildman–Crippen LogP) is 4.75. The maximum atomic E-state index is 12.6. The minimum atomic E-state index is -0.621. The van der Waals surface area contributed by atoms with E-state index in [2.05, 4.69) is 5.92 Å². The molecule has 0 unspecified atom stereocenters. The summed E-state index contributed by atoms with van der Waals surface area (Å²) >= 11 is 0. The molecule has 0 spiro atoms. The molecule has 0 heterocycles. The zero-order valence-corrected chi connectivity index (χ0v) is 16.7. The van der Waals surface area contributed by atoms with Crippen LogP contribution < -0.4 is 14.2 Å². The van der Waals surface area contributed by atoms with Gasteiger partial charge >= 0.3 is 11.9 Å². The zero-order chi connectivity index (χ0) is 21.5. The van der Waals surface area contributed by atoms with Crippen molar-refractivity contribution >= 4 is 11.9 Å². The molecule has 5 nitrogen and oxygen atoms in total. The Morgan fingerprint density at radius 1 is 0.800 bits per heavy atom. The van der Waals surface area contributed by atoms with Gasteiger partial charge in [-0.15, -0.1) is 6.42 Å². The van der Waals surface area contributed by atoms with Crippen molar-refractivity contribution in [3.8, 4) is 29.6 Å². The van der Waals surface area contributed by atoms with Gasteiger partial charge < -0.3 is 14.2 Å². The number of hydrogen-bond donors (Lipinski definition) is 0. The van der Waals surface area contributed by atoms with Crippen LogP contribution in [0.25, 0.3) is 0 Å². The van der Waals surface area contributed by atoms with Gasteiger partial charge in [-0.25, -0.2) is 9.59 Å². The molecule has 5 heteroatoms. The average Bonchev–Trinajstić information content (AvgIpc) is 2.75. The molecule has 0 amide bonds. The van der Waals surface area contributed by atoms with Crippen LogP contribution in [0.3, 0.4) is 0 Å². The first-order chi connectivity index (χ1) is 14.5. The van der Waals surface area contributed by atoms with Gasteiger partial charge in [-0.05, 0) is 56.3 Å². The van der Waals surface area contributed by atoms with Gasteiger partial charge in [0.05, 0.1) is 5.56 Å². The quantitative estimate of drug-likeness (QED) is 0.339. The van der Waals surface area contributed by atoms with Crippen LogP contribution >= 0.6 is 0 Å². The summed E-state index contributed by atoms with van der Waals surface area (Å²) in [6, 6.07) is 18.5. The monoisotopic (exact) mass is 400 g/mol. The highest BCUT2D eigenvalue weighted by Crippen LogP contribution is 2.24. The number of carbonyl (C=O) groups is 2. The van der Waals surface area contributed by atoms with E-state index < -0.39 is 11.9 Å². The Labute approximate surface area is 175 Å². The molecule has 0 bridgehead atoms. The summed E-state index contributed by atoms with van der Waals surface area (Å²) in [6.07, 6.45) is 5.27. The largest absolute Gasteiger partial charge is 0.480 e. The average molecular weight is 400 g/mol. The minimum Gasteiger partial charge on any atom is -0.480 e. The molecule has 3 rings (SSSR count). The van der Waals surface area contributed by atoms with Crippen molar-refractivity contribution in [2.45, 2.75) is 13.8 Å². The summed E-state index contributed by atoms with van der Waals surface area (Å²) in [6.45, 7) is 3.81. The molecule has 0 saturated heterocycles. The standard InChI is InChI=1S/C25H20O5/c1-4-15-28-23-16-19(24(26)29-20-10-5-17(2)6-11-20)9-14-22(23)25(27)30-21-12-7-18(3)8-13-21/h1,5-14,16H,15H2,2-3H3. The molecular weight excluding hydrogens is 380 g/mol. The lowest BCUT2D eigenvalue weighted by atomic mass is 10.1. The van der Waals surface area contributed by atoms with Gasteiger partial charge in [-0.1, -0.05) is 41.3 Å². The van der Waals surface area contributed by atoms with Gasteiger partial charge in [-0.2, -0.15) is 0 Å². The number of esters is 2. The summed E-state index contributed by atoms with van der Waals surface area (Å²) < 4.78 is 16.2.